The van der Waals surface area contributed by atoms with E-state index in [1.807, 2.05) is 18.2 Å². The third-order valence-electron chi connectivity index (χ3n) is 5.78. The van der Waals surface area contributed by atoms with Crippen LogP contribution in [0.5, 0.6) is 0 Å². The molecule has 0 aromatic heterocycles. The second-order valence-electron chi connectivity index (χ2n) is 8.59. The van der Waals surface area contributed by atoms with Gasteiger partial charge in [-0.1, -0.05) is 128 Å². The molecule has 0 aliphatic carbocycles. The maximum atomic E-state index is 12.6. The van der Waals surface area contributed by atoms with Crippen LogP contribution in [0.1, 0.15) is 109 Å². The van der Waals surface area contributed by atoms with E-state index in [-0.39, 0.29) is 11.9 Å². The molecule has 0 bridgehead atoms. The van der Waals surface area contributed by atoms with Gasteiger partial charge in [0, 0.05) is 13.1 Å². The van der Waals surface area contributed by atoms with E-state index in [1.165, 1.54) is 76.2 Å². The standard InChI is InChI=1S/C27H47N2O/c1-3-5-7-8-9-10-11-12-13-14-15-19-23-28-27(30)26(22-6-4-2)29-24-25-20-17-16-18-21-25/h16-18,20-21,26,29H,2-15,19,22-24H2,1H3,(H,28,30)/t26-/m0/s1. The Balaban J connectivity index is 2.05. The van der Waals surface area contributed by atoms with Gasteiger partial charge in [0.15, 0.2) is 0 Å². The van der Waals surface area contributed by atoms with E-state index in [4.69, 9.17) is 0 Å². The first-order valence-electron chi connectivity index (χ1n) is 12.6. The zero-order valence-corrected chi connectivity index (χ0v) is 19.6. The van der Waals surface area contributed by atoms with Crippen molar-refractivity contribution in [3.05, 3.63) is 42.8 Å². The highest BCUT2D eigenvalue weighted by Gasteiger charge is 2.16. The fourth-order valence-electron chi connectivity index (χ4n) is 3.81. The molecule has 3 nitrogen and oxygen atoms in total. The molecule has 171 valence electrons. The Hall–Kier alpha value is -1.35. The van der Waals surface area contributed by atoms with Crippen LogP contribution in [0.15, 0.2) is 30.3 Å². The number of hydrogen-bond donors (Lipinski definition) is 2. The molecular weight excluding hydrogens is 368 g/mol. The lowest BCUT2D eigenvalue weighted by Crippen LogP contribution is -2.44. The molecule has 1 atom stereocenters. The van der Waals surface area contributed by atoms with Crippen molar-refractivity contribution >= 4 is 5.91 Å². The first-order valence-corrected chi connectivity index (χ1v) is 12.6. The van der Waals surface area contributed by atoms with Crippen LogP contribution in [-0.2, 0) is 11.3 Å². The number of hydrogen-bond acceptors (Lipinski definition) is 2. The smallest absolute Gasteiger partial charge is 0.237 e. The Labute approximate surface area is 186 Å². The number of unbranched alkanes of at least 4 members (excludes halogenated alkanes) is 12. The summed E-state index contributed by atoms with van der Waals surface area (Å²) in [6.45, 7) is 7.72. The van der Waals surface area contributed by atoms with Crippen LogP contribution in [0, 0.1) is 6.92 Å². The summed E-state index contributed by atoms with van der Waals surface area (Å²) < 4.78 is 0. The van der Waals surface area contributed by atoms with Gasteiger partial charge >= 0.3 is 0 Å². The van der Waals surface area contributed by atoms with Crippen molar-refractivity contribution in [1.29, 1.82) is 0 Å². The molecule has 0 aliphatic rings. The molecule has 1 aromatic carbocycles. The maximum Gasteiger partial charge on any atom is 0.237 e. The second-order valence-corrected chi connectivity index (χ2v) is 8.59. The van der Waals surface area contributed by atoms with Crippen molar-refractivity contribution in [1.82, 2.24) is 10.6 Å². The second kappa shape index (κ2) is 19.6. The summed E-state index contributed by atoms with van der Waals surface area (Å²) >= 11 is 0. The Morgan fingerprint density at radius 3 is 1.97 bits per heavy atom. The Morgan fingerprint density at radius 2 is 1.40 bits per heavy atom. The predicted molar refractivity (Wildman–Crippen MR) is 130 cm³/mol. The van der Waals surface area contributed by atoms with E-state index >= 15 is 0 Å². The maximum absolute atomic E-state index is 12.6. The van der Waals surface area contributed by atoms with E-state index in [0.717, 1.165) is 38.8 Å². The van der Waals surface area contributed by atoms with E-state index in [0.29, 0.717) is 0 Å². The molecule has 2 N–H and O–H groups in total. The monoisotopic (exact) mass is 415 g/mol. The zero-order valence-electron chi connectivity index (χ0n) is 19.6. The number of benzene rings is 1. The van der Waals surface area contributed by atoms with Crippen molar-refractivity contribution in [2.24, 2.45) is 0 Å². The average molecular weight is 416 g/mol. The molecule has 1 amide bonds. The van der Waals surface area contributed by atoms with Gasteiger partial charge in [0.05, 0.1) is 6.04 Å². The normalized spacial score (nSPS) is 12.1. The van der Waals surface area contributed by atoms with Crippen LogP contribution in [0.3, 0.4) is 0 Å². The van der Waals surface area contributed by atoms with E-state index in [9.17, 15) is 4.79 Å². The van der Waals surface area contributed by atoms with Gasteiger partial charge in [0.2, 0.25) is 5.91 Å². The Morgan fingerprint density at radius 1 is 0.833 bits per heavy atom. The van der Waals surface area contributed by atoms with Gasteiger partial charge in [-0.25, -0.2) is 0 Å². The molecule has 0 aliphatic heterocycles. The number of amides is 1. The summed E-state index contributed by atoms with van der Waals surface area (Å²) in [6.07, 6.45) is 18.8. The molecule has 0 heterocycles. The van der Waals surface area contributed by atoms with Crippen LogP contribution in [0.25, 0.3) is 0 Å². The van der Waals surface area contributed by atoms with Gasteiger partial charge in [0.25, 0.3) is 0 Å². The summed E-state index contributed by atoms with van der Waals surface area (Å²) in [5.74, 6) is 0.141. The van der Waals surface area contributed by atoms with Crippen molar-refractivity contribution < 1.29 is 4.79 Å². The van der Waals surface area contributed by atoms with E-state index < -0.39 is 0 Å². The molecule has 0 unspecified atom stereocenters. The van der Waals surface area contributed by atoms with Gasteiger partial charge in [-0.15, -0.1) is 0 Å². The van der Waals surface area contributed by atoms with E-state index in [2.05, 4.69) is 36.6 Å². The molecule has 3 heteroatoms. The number of carbonyl (C=O) groups excluding carboxylic acids is 1. The Bertz CT molecular complexity index is 503. The molecular formula is C27H47N2O. The summed E-state index contributed by atoms with van der Waals surface area (Å²) in [7, 11) is 0. The SMILES string of the molecule is [CH2]CCC[C@H](NCc1ccccc1)C(=O)NCCCCCCCCCCCCCC. The van der Waals surface area contributed by atoms with Crippen LogP contribution >= 0.6 is 0 Å². The summed E-state index contributed by atoms with van der Waals surface area (Å²) in [5.41, 5.74) is 1.21. The van der Waals surface area contributed by atoms with Crippen LogP contribution in [0.4, 0.5) is 0 Å². The van der Waals surface area contributed by atoms with Crippen molar-refractivity contribution in [2.45, 2.75) is 116 Å². The molecule has 1 radical (unpaired) electrons. The summed E-state index contributed by atoms with van der Waals surface area (Å²) in [6, 6.07) is 10.2. The summed E-state index contributed by atoms with van der Waals surface area (Å²) in [4.78, 5) is 12.6. The topological polar surface area (TPSA) is 41.1 Å². The van der Waals surface area contributed by atoms with Crippen LogP contribution in [-0.4, -0.2) is 18.5 Å². The minimum atomic E-state index is -0.121. The molecule has 30 heavy (non-hydrogen) atoms. The molecule has 0 spiro atoms. The largest absolute Gasteiger partial charge is 0.355 e. The van der Waals surface area contributed by atoms with Gasteiger partial charge in [-0.05, 0) is 18.4 Å². The van der Waals surface area contributed by atoms with Crippen LogP contribution in [0.2, 0.25) is 0 Å². The molecule has 0 saturated heterocycles. The van der Waals surface area contributed by atoms with Crippen molar-refractivity contribution in [3.63, 3.8) is 0 Å². The van der Waals surface area contributed by atoms with Crippen molar-refractivity contribution in [2.75, 3.05) is 6.54 Å². The highest BCUT2D eigenvalue weighted by Crippen LogP contribution is 2.12. The molecule has 0 saturated carbocycles. The van der Waals surface area contributed by atoms with Gasteiger partial charge in [-0.3, -0.25) is 4.79 Å². The number of rotatable bonds is 20. The lowest BCUT2D eigenvalue weighted by molar-refractivity contribution is -0.123. The van der Waals surface area contributed by atoms with E-state index in [1.54, 1.807) is 0 Å². The third kappa shape index (κ3) is 14.6. The van der Waals surface area contributed by atoms with Gasteiger partial charge in [-0.2, -0.15) is 0 Å². The number of carbonyl (C=O) groups is 1. The minimum absolute atomic E-state index is 0.121. The minimum Gasteiger partial charge on any atom is -0.355 e. The first-order chi connectivity index (χ1) is 14.8. The van der Waals surface area contributed by atoms with Crippen LogP contribution < -0.4 is 10.6 Å². The summed E-state index contributed by atoms with van der Waals surface area (Å²) in [5, 5.41) is 6.57. The fraction of sp³-hybridized carbons (Fsp3) is 0.704. The predicted octanol–water partition coefficient (Wildman–Crippen LogP) is 6.97. The Kier molecular flexibility index (Phi) is 17.4. The molecule has 1 rings (SSSR count). The van der Waals surface area contributed by atoms with Gasteiger partial charge < -0.3 is 10.6 Å². The number of nitrogens with one attached hydrogen (secondary N) is 2. The average Bonchev–Trinajstić information content (AvgIpc) is 2.77. The fourth-order valence-corrected chi connectivity index (χ4v) is 3.81. The lowest BCUT2D eigenvalue weighted by Gasteiger charge is -2.18. The zero-order chi connectivity index (χ0) is 21.7. The van der Waals surface area contributed by atoms with Gasteiger partial charge in [0.1, 0.15) is 0 Å². The highest BCUT2D eigenvalue weighted by molar-refractivity contribution is 5.81. The molecule has 1 aromatic rings. The highest BCUT2D eigenvalue weighted by atomic mass is 16.2. The first kappa shape index (κ1) is 26.7. The molecule has 0 fully saturated rings. The quantitative estimate of drug-likeness (QED) is 0.226. The third-order valence-corrected chi connectivity index (χ3v) is 5.78. The van der Waals surface area contributed by atoms with Crippen molar-refractivity contribution in [3.8, 4) is 0 Å². The lowest BCUT2D eigenvalue weighted by atomic mass is 10.1.